The van der Waals surface area contributed by atoms with Crippen molar-refractivity contribution in [3.05, 3.63) is 95.2 Å². The van der Waals surface area contributed by atoms with Crippen LogP contribution in [0.5, 0.6) is 0 Å². The summed E-state index contributed by atoms with van der Waals surface area (Å²) in [6.45, 7) is 6.87. The van der Waals surface area contributed by atoms with Crippen LogP contribution in [0.4, 0.5) is 0 Å². The van der Waals surface area contributed by atoms with E-state index in [1.807, 2.05) is 24.3 Å². The van der Waals surface area contributed by atoms with Crippen LogP contribution in [0.25, 0.3) is 34.4 Å². The van der Waals surface area contributed by atoms with Gasteiger partial charge >= 0.3 is 5.97 Å². The van der Waals surface area contributed by atoms with Crippen molar-refractivity contribution in [2.75, 3.05) is 7.11 Å². The Morgan fingerprint density at radius 2 is 1.72 bits per heavy atom. The van der Waals surface area contributed by atoms with Crippen LogP contribution < -0.4 is 0 Å². The van der Waals surface area contributed by atoms with E-state index in [1.165, 1.54) is 13.2 Å². The van der Waals surface area contributed by atoms with Gasteiger partial charge in [0.25, 0.3) is 0 Å². The summed E-state index contributed by atoms with van der Waals surface area (Å²) in [7, 11) is 1.38. The highest BCUT2D eigenvalue weighted by Crippen LogP contribution is 2.30. The summed E-state index contributed by atoms with van der Waals surface area (Å²) in [4.78, 5) is 17.1. The molecule has 198 valence electrons. The zero-order valence-corrected chi connectivity index (χ0v) is 22.5. The van der Waals surface area contributed by atoms with Crippen molar-refractivity contribution in [2.45, 2.75) is 40.2 Å². The van der Waals surface area contributed by atoms with Crippen molar-refractivity contribution >= 4 is 12.0 Å². The van der Waals surface area contributed by atoms with Gasteiger partial charge in [0, 0.05) is 36.0 Å². The number of benzene rings is 2. The number of rotatable bonds is 9. The van der Waals surface area contributed by atoms with Gasteiger partial charge in [-0.3, -0.25) is 0 Å². The molecule has 0 unspecified atom stereocenters. The van der Waals surface area contributed by atoms with Crippen LogP contribution in [0.15, 0.2) is 66.7 Å². The SMILES string of the molecule is CCCc1nc(-n2c(C)ccc2C)c(/C=C/C(=O)OC)n1Cc1ccc(-c2ccccc2-c2nn[nH]n2)cc1. The Kier molecular flexibility index (Phi) is 7.49. The standard InChI is InChI=1S/C30H31N7O2/c1-5-8-27-31-30(37-20(2)11-12-21(37)3)26(17-18-28(38)39-4)36(27)19-22-13-15-23(16-14-22)24-9-6-7-10-25(24)29-32-34-35-33-29/h6-7,9-18H,5,8,19H2,1-4H3,(H,32,33,34,35)/b18-17+. The number of aromatic nitrogens is 7. The topological polar surface area (TPSA) is 104 Å². The third-order valence-corrected chi connectivity index (χ3v) is 6.72. The predicted octanol–water partition coefficient (Wildman–Crippen LogP) is 5.32. The van der Waals surface area contributed by atoms with E-state index >= 15 is 0 Å². The molecule has 0 radical (unpaired) electrons. The summed E-state index contributed by atoms with van der Waals surface area (Å²) in [5.74, 6) is 1.93. The number of aryl methyl sites for hydroxylation is 3. The Morgan fingerprint density at radius 3 is 2.36 bits per heavy atom. The minimum Gasteiger partial charge on any atom is -0.466 e. The van der Waals surface area contributed by atoms with Gasteiger partial charge in [-0.15, -0.1) is 10.2 Å². The highest BCUT2D eigenvalue weighted by Gasteiger charge is 2.19. The lowest BCUT2D eigenvalue weighted by molar-refractivity contribution is -0.134. The Bertz CT molecular complexity index is 1590. The van der Waals surface area contributed by atoms with Crippen LogP contribution >= 0.6 is 0 Å². The van der Waals surface area contributed by atoms with Crippen LogP contribution in [-0.4, -0.2) is 47.8 Å². The molecule has 5 rings (SSSR count). The van der Waals surface area contributed by atoms with Gasteiger partial charge in [0.2, 0.25) is 5.82 Å². The molecule has 3 heterocycles. The van der Waals surface area contributed by atoms with Gasteiger partial charge in [-0.25, -0.2) is 9.78 Å². The molecule has 0 saturated heterocycles. The fourth-order valence-corrected chi connectivity index (χ4v) is 4.82. The highest BCUT2D eigenvalue weighted by molar-refractivity contribution is 5.87. The quantitative estimate of drug-likeness (QED) is 0.208. The maximum Gasteiger partial charge on any atom is 0.330 e. The van der Waals surface area contributed by atoms with Crippen LogP contribution in [0, 0.1) is 13.8 Å². The van der Waals surface area contributed by atoms with E-state index < -0.39 is 5.97 Å². The number of hydrogen-bond donors (Lipinski definition) is 1. The van der Waals surface area contributed by atoms with E-state index in [9.17, 15) is 4.79 Å². The zero-order chi connectivity index (χ0) is 27.4. The molecule has 5 aromatic rings. The van der Waals surface area contributed by atoms with E-state index in [0.717, 1.165) is 63.8 Å². The summed E-state index contributed by atoms with van der Waals surface area (Å²) in [5, 5.41) is 14.5. The fourth-order valence-electron chi connectivity index (χ4n) is 4.82. The van der Waals surface area contributed by atoms with Gasteiger partial charge in [0.15, 0.2) is 5.82 Å². The summed E-state index contributed by atoms with van der Waals surface area (Å²) >= 11 is 0. The molecule has 0 saturated carbocycles. The van der Waals surface area contributed by atoms with Gasteiger partial charge in [-0.2, -0.15) is 5.21 Å². The molecule has 0 aliphatic heterocycles. The number of ether oxygens (including phenoxy) is 1. The second-order valence-electron chi connectivity index (χ2n) is 9.36. The Labute approximate surface area is 227 Å². The van der Waals surface area contributed by atoms with Crippen molar-refractivity contribution in [1.82, 2.24) is 34.7 Å². The summed E-state index contributed by atoms with van der Waals surface area (Å²) < 4.78 is 9.20. The van der Waals surface area contributed by atoms with Crippen LogP contribution in [0.2, 0.25) is 0 Å². The first-order valence-electron chi connectivity index (χ1n) is 12.9. The number of carbonyl (C=O) groups is 1. The lowest BCUT2D eigenvalue weighted by Crippen LogP contribution is -2.08. The van der Waals surface area contributed by atoms with E-state index in [1.54, 1.807) is 0 Å². The molecule has 39 heavy (non-hydrogen) atoms. The number of tetrazole rings is 1. The molecule has 3 aromatic heterocycles. The molecule has 2 aromatic carbocycles. The number of nitrogens with zero attached hydrogens (tertiary/aromatic N) is 6. The second-order valence-corrected chi connectivity index (χ2v) is 9.36. The molecule has 9 heteroatoms. The van der Waals surface area contributed by atoms with Crippen molar-refractivity contribution in [3.8, 4) is 28.3 Å². The van der Waals surface area contributed by atoms with Gasteiger partial charge < -0.3 is 13.9 Å². The molecule has 1 N–H and O–H groups in total. The van der Waals surface area contributed by atoms with Gasteiger partial charge in [-0.1, -0.05) is 55.5 Å². The molecule has 0 amide bonds. The number of aromatic amines is 1. The van der Waals surface area contributed by atoms with Crippen molar-refractivity contribution < 1.29 is 9.53 Å². The largest absolute Gasteiger partial charge is 0.466 e. The predicted molar refractivity (Wildman–Crippen MR) is 150 cm³/mol. The second kappa shape index (κ2) is 11.3. The molecule has 9 nitrogen and oxygen atoms in total. The number of carbonyl (C=O) groups excluding carboxylic acids is 1. The number of H-pyrrole nitrogens is 1. The number of methoxy groups -OCH3 is 1. The number of hydrogen-bond acceptors (Lipinski definition) is 6. The van der Waals surface area contributed by atoms with E-state index in [0.29, 0.717) is 12.4 Å². The minimum atomic E-state index is -0.406. The maximum absolute atomic E-state index is 12.0. The number of nitrogens with one attached hydrogen (secondary N) is 1. The minimum absolute atomic E-state index is 0.406. The monoisotopic (exact) mass is 521 g/mol. The molecule has 0 spiro atoms. The normalized spacial score (nSPS) is 11.4. The summed E-state index contributed by atoms with van der Waals surface area (Å²) in [6.07, 6.45) is 5.03. The first-order valence-corrected chi connectivity index (χ1v) is 12.9. The van der Waals surface area contributed by atoms with Crippen molar-refractivity contribution in [1.29, 1.82) is 0 Å². The van der Waals surface area contributed by atoms with E-state index in [4.69, 9.17) is 9.72 Å². The number of esters is 1. The average molecular weight is 522 g/mol. The van der Waals surface area contributed by atoms with Crippen LogP contribution in [0.1, 0.15) is 41.8 Å². The maximum atomic E-state index is 12.0. The molecule has 0 aliphatic rings. The fraction of sp³-hybridized carbons (Fsp3) is 0.233. The summed E-state index contributed by atoms with van der Waals surface area (Å²) in [5.41, 5.74) is 7.14. The van der Waals surface area contributed by atoms with Gasteiger partial charge in [0.05, 0.1) is 12.8 Å². The van der Waals surface area contributed by atoms with Crippen molar-refractivity contribution in [2.24, 2.45) is 0 Å². The Balaban J connectivity index is 1.55. The first kappa shape index (κ1) is 25.8. The van der Waals surface area contributed by atoms with E-state index in [2.05, 4.69) is 93.0 Å². The summed E-state index contributed by atoms with van der Waals surface area (Å²) in [6, 6.07) is 20.6. The molecule has 0 fully saturated rings. The van der Waals surface area contributed by atoms with Crippen LogP contribution in [-0.2, 0) is 22.5 Å². The third kappa shape index (κ3) is 5.29. The van der Waals surface area contributed by atoms with Crippen LogP contribution in [0.3, 0.4) is 0 Å². The molecule has 0 atom stereocenters. The lowest BCUT2D eigenvalue weighted by atomic mass is 9.98. The zero-order valence-electron chi connectivity index (χ0n) is 22.5. The lowest BCUT2D eigenvalue weighted by Gasteiger charge is -2.13. The number of imidazole rings is 1. The van der Waals surface area contributed by atoms with Gasteiger partial charge in [0.1, 0.15) is 5.82 Å². The molecular formula is C30H31N7O2. The molecule has 0 bridgehead atoms. The third-order valence-electron chi connectivity index (χ3n) is 6.72. The van der Waals surface area contributed by atoms with Gasteiger partial charge in [-0.05, 0) is 60.4 Å². The Hall–Kier alpha value is -4.79. The first-order chi connectivity index (χ1) is 19.0. The van der Waals surface area contributed by atoms with E-state index in [-0.39, 0.29) is 0 Å². The smallest absolute Gasteiger partial charge is 0.330 e. The average Bonchev–Trinajstić information content (AvgIpc) is 3.68. The van der Waals surface area contributed by atoms with Crippen molar-refractivity contribution in [3.63, 3.8) is 0 Å². The molecule has 0 aliphatic carbocycles. The molecular weight excluding hydrogens is 490 g/mol. The highest BCUT2D eigenvalue weighted by atomic mass is 16.5. The Morgan fingerprint density at radius 1 is 1.00 bits per heavy atom.